The molecule has 2 aliphatic heterocycles. The fourth-order valence-corrected chi connectivity index (χ4v) is 12.6. The minimum atomic E-state index is -6.04. The Bertz CT molecular complexity index is 1310. The van der Waals surface area contributed by atoms with Gasteiger partial charge in [-0.3, -0.25) is 0 Å². The number of allylic oxidation sites excluding steroid dienone is 4. The first-order valence-corrected chi connectivity index (χ1v) is 13.9. The number of benzene rings is 2. The van der Waals surface area contributed by atoms with Crippen LogP contribution in [0.25, 0.3) is 9.02 Å². The molecule has 0 unspecified atom stereocenters. The number of thiocyanates is 2. The Hall–Kier alpha value is -3.50. The topological polar surface area (TPSA) is 33.2 Å². The molecule has 168 valence electrons. The van der Waals surface area contributed by atoms with Crippen LogP contribution in [0.2, 0.25) is 0 Å². The molecule has 2 aromatic rings. The maximum atomic E-state index is 6.89. The fraction of sp³-hybridized carbons (Fsp3) is 0.167. The second-order valence-electron chi connectivity index (χ2n) is 8.16. The molecule has 2 aromatic carbocycles. The van der Waals surface area contributed by atoms with Crippen LogP contribution in [0.4, 0.5) is 11.4 Å². The average Bonchev–Trinajstić information content (AvgIpc) is 2.74. The summed E-state index contributed by atoms with van der Waals surface area (Å²) >= 11 is 10.5. The molecule has 0 saturated carbocycles. The average molecular weight is 493 g/mol. The molecule has 4 rings (SSSR count). The molecule has 0 fully saturated rings. The van der Waals surface area contributed by atoms with Gasteiger partial charge in [0.15, 0.2) is 0 Å². The Morgan fingerprint density at radius 1 is 0.667 bits per heavy atom. The van der Waals surface area contributed by atoms with E-state index in [0.29, 0.717) is 11.5 Å². The summed E-state index contributed by atoms with van der Waals surface area (Å²) in [4.78, 5) is 0. The van der Waals surface area contributed by atoms with E-state index in [1.54, 1.807) is 0 Å². The molecule has 9 heteroatoms. The quantitative estimate of drug-likeness (QED) is 0.316. The van der Waals surface area contributed by atoms with E-state index in [4.69, 9.17) is 43.1 Å². The molecule has 0 radical (unpaired) electrons. The van der Waals surface area contributed by atoms with Crippen LogP contribution < -0.4 is 0 Å². The van der Waals surface area contributed by atoms with Gasteiger partial charge in [0.2, 0.25) is 0 Å². The first-order chi connectivity index (χ1) is 15.8. The van der Waals surface area contributed by atoms with E-state index < -0.39 is 7.76 Å². The molecular weight excluding hydrogens is 469 g/mol. The summed E-state index contributed by atoms with van der Waals surface area (Å²) in [6.07, 6.45) is 3.82. The molecule has 0 atom stereocenters. The van der Waals surface area contributed by atoms with E-state index in [1.165, 1.54) is 0 Å². The van der Waals surface area contributed by atoms with Gasteiger partial charge in [0.05, 0.1) is 0 Å². The molecule has 0 bridgehead atoms. The van der Waals surface area contributed by atoms with Crippen molar-refractivity contribution in [2.24, 2.45) is 0 Å². The van der Waals surface area contributed by atoms with Gasteiger partial charge in [0.25, 0.3) is 0 Å². The third-order valence-electron chi connectivity index (χ3n) is 5.87. The van der Waals surface area contributed by atoms with Gasteiger partial charge in [-0.1, -0.05) is 0 Å². The third-order valence-corrected chi connectivity index (χ3v) is 12.3. The summed E-state index contributed by atoms with van der Waals surface area (Å²) in [6, 6.07) is 19.3. The number of hydrogen-bond donors (Lipinski definition) is 0. The Kier molecular flexibility index (Phi) is 5.17. The molecule has 0 amide bonds. The zero-order valence-corrected chi connectivity index (χ0v) is 21.5. The van der Waals surface area contributed by atoms with Gasteiger partial charge in [0.1, 0.15) is 0 Å². The van der Waals surface area contributed by atoms with Crippen LogP contribution in [-0.2, 0) is 34.1 Å². The van der Waals surface area contributed by atoms with Gasteiger partial charge in [-0.25, -0.2) is 0 Å². The standard InChI is InChI=1S/C24H26N4O2S2Si/c1-19-15-21(3)29-33(25-17-31,26-18-32,27(19)23-11-7-5-8-12-23)28(20(2)16-22(4)30-33)24-13-9-6-10-14-24/h5-16,31-32H,1-4H3/q+2/p-2. The van der Waals surface area contributed by atoms with Gasteiger partial charge in [-0.15, -0.1) is 0 Å². The molecule has 2 heterocycles. The van der Waals surface area contributed by atoms with Gasteiger partial charge < -0.3 is 0 Å². The molecule has 0 aliphatic carbocycles. The van der Waals surface area contributed by atoms with Crippen LogP contribution in [0.1, 0.15) is 27.7 Å². The van der Waals surface area contributed by atoms with Crippen molar-refractivity contribution in [1.29, 1.82) is 0 Å². The van der Waals surface area contributed by atoms with E-state index in [-0.39, 0.29) is 0 Å². The van der Waals surface area contributed by atoms with Gasteiger partial charge in [0, 0.05) is 0 Å². The Balaban J connectivity index is 2.41. The second-order valence-corrected chi connectivity index (χ2v) is 13.1. The van der Waals surface area contributed by atoms with Gasteiger partial charge in [-0.2, -0.15) is 0 Å². The maximum absolute atomic E-state index is 6.89. The van der Waals surface area contributed by atoms with Crippen molar-refractivity contribution in [2.75, 3.05) is 0 Å². The van der Waals surface area contributed by atoms with E-state index in [2.05, 4.69) is 10.8 Å². The van der Waals surface area contributed by atoms with Crippen LogP contribution >= 0.6 is 0 Å². The van der Waals surface area contributed by atoms with Crippen molar-refractivity contribution in [2.45, 2.75) is 27.7 Å². The Labute approximate surface area is 204 Å². The predicted octanol–water partition coefficient (Wildman–Crippen LogP) is 5.48. The monoisotopic (exact) mass is 492 g/mol. The molecular formula is C24H24N4O2S2Si. The first kappa shape index (κ1) is 22.7. The molecule has 33 heavy (non-hydrogen) atoms. The van der Waals surface area contributed by atoms with E-state index in [1.807, 2.05) is 109 Å². The molecule has 2 aliphatic rings. The summed E-state index contributed by atoms with van der Waals surface area (Å²) in [6.45, 7) is 7.58. The van der Waals surface area contributed by atoms with Crippen molar-refractivity contribution >= 4 is 55.8 Å². The Morgan fingerprint density at radius 3 is 1.36 bits per heavy atom. The number of nitrogens with zero attached hydrogens (tertiary/aromatic N) is 4. The fourth-order valence-electron chi connectivity index (χ4n) is 5.18. The summed E-state index contributed by atoms with van der Waals surface area (Å²) < 4.78 is 27.2. The van der Waals surface area contributed by atoms with E-state index in [0.717, 1.165) is 22.8 Å². The number of para-hydroxylation sites is 2. The van der Waals surface area contributed by atoms with Crippen LogP contribution in [0.15, 0.2) is 84.3 Å². The zero-order chi connectivity index (χ0) is 23.8. The first-order valence-electron chi connectivity index (χ1n) is 10.4. The molecule has 0 N–H and O–H groups in total. The van der Waals surface area contributed by atoms with E-state index >= 15 is 0 Å². The minimum absolute atomic E-state index is 0.551. The van der Waals surface area contributed by atoms with E-state index in [9.17, 15) is 0 Å². The van der Waals surface area contributed by atoms with Crippen molar-refractivity contribution in [3.8, 4) is 10.8 Å². The van der Waals surface area contributed by atoms with Gasteiger partial charge >= 0.3 is 205 Å². The van der Waals surface area contributed by atoms with Crippen LogP contribution in [0, 0.1) is 10.8 Å². The third kappa shape index (κ3) is 2.94. The SMILES string of the molecule is CC1=CC(C)=[N+](c2ccccc2)[Si-2]2([N+]#C[S-])([N+]#C[S-])(O1)OC(C)=CC(C)=[N+]2c1ccccc1. The number of hydrogen-bond acceptors (Lipinski definition) is 4. The summed E-state index contributed by atoms with van der Waals surface area (Å²) in [5, 5.41) is 5.16. The van der Waals surface area contributed by atoms with Crippen molar-refractivity contribution < 1.29 is 17.3 Å². The van der Waals surface area contributed by atoms with Crippen molar-refractivity contribution in [1.82, 2.24) is 0 Å². The molecule has 0 aromatic heterocycles. The van der Waals surface area contributed by atoms with Gasteiger partial charge in [-0.05, 0) is 0 Å². The van der Waals surface area contributed by atoms with Crippen LogP contribution in [0.3, 0.4) is 0 Å². The molecule has 0 saturated heterocycles. The summed E-state index contributed by atoms with van der Waals surface area (Å²) in [5.74, 6) is 1.10. The Morgan fingerprint density at radius 2 is 1.03 bits per heavy atom. The zero-order valence-electron chi connectivity index (χ0n) is 18.9. The summed E-state index contributed by atoms with van der Waals surface area (Å²) in [5.41, 5.74) is 3.07. The van der Waals surface area contributed by atoms with Crippen LogP contribution in [0.5, 0.6) is 0 Å². The molecule has 1 spiro atoms. The second kappa shape index (κ2) is 7.53. The van der Waals surface area contributed by atoms with Crippen molar-refractivity contribution in [3.05, 3.63) is 93.4 Å². The predicted molar refractivity (Wildman–Crippen MR) is 139 cm³/mol. The molecule has 6 nitrogen and oxygen atoms in total. The number of rotatable bonds is 2. The normalized spacial score (nSPS) is 21.7. The summed E-state index contributed by atoms with van der Waals surface area (Å²) in [7, 11) is -6.04. The van der Waals surface area contributed by atoms with Crippen molar-refractivity contribution in [3.63, 3.8) is 0 Å². The van der Waals surface area contributed by atoms with Crippen LogP contribution in [-0.4, -0.2) is 27.7 Å².